The minimum absolute atomic E-state index is 0.185. The van der Waals surface area contributed by atoms with Crippen molar-refractivity contribution in [3.8, 4) is 11.3 Å². The molecule has 0 amide bonds. The van der Waals surface area contributed by atoms with Gasteiger partial charge in [-0.3, -0.25) is 4.68 Å². The van der Waals surface area contributed by atoms with Crippen molar-refractivity contribution < 1.29 is 14.3 Å². The fourth-order valence-electron chi connectivity index (χ4n) is 3.89. The summed E-state index contributed by atoms with van der Waals surface area (Å²) >= 11 is 0. The predicted octanol–water partition coefficient (Wildman–Crippen LogP) is 3.52. The zero-order valence-electron chi connectivity index (χ0n) is 18.0. The number of nitrogens with zero attached hydrogens (tertiary/aromatic N) is 4. The van der Waals surface area contributed by atoms with E-state index in [-0.39, 0.29) is 12.1 Å². The molecule has 0 aliphatic carbocycles. The lowest BCUT2D eigenvalue weighted by Gasteiger charge is -2.31. The van der Waals surface area contributed by atoms with Crippen molar-refractivity contribution in [3.63, 3.8) is 0 Å². The van der Waals surface area contributed by atoms with E-state index in [0.717, 1.165) is 46.8 Å². The zero-order chi connectivity index (χ0) is 21.4. The second-order valence-corrected chi connectivity index (χ2v) is 7.93. The molecule has 30 heavy (non-hydrogen) atoms. The summed E-state index contributed by atoms with van der Waals surface area (Å²) in [4.78, 5) is 15.1. The summed E-state index contributed by atoms with van der Waals surface area (Å²) in [6.07, 6.45) is 3.79. The third-order valence-corrected chi connectivity index (χ3v) is 5.38. The SMILES string of the molecule is C=C(c1c(C)c(C(=O)OC(C)C)cc2cc(-c3ccn(C)n3)cn12)N1CCOCC1. The molecule has 1 aliphatic heterocycles. The van der Waals surface area contributed by atoms with Gasteiger partial charge in [-0.1, -0.05) is 6.58 Å². The molecule has 0 radical (unpaired) electrons. The molecule has 0 N–H and O–H groups in total. The fourth-order valence-corrected chi connectivity index (χ4v) is 3.89. The van der Waals surface area contributed by atoms with Gasteiger partial charge in [-0.05, 0) is 44.5 Å². The van der Waals surface area contributed by atoms with E-state index in [1.54, 1.807) is 4.68 Å². The molecule has 158 valence electrons. The highest BCUT2D eigenvalue weighted by Gasteiger charge is 2.23. The normalized spacial score (nSPS) is 14.5. The first-order valence-corrected chi connectivity index (χ1v) is 10.2. The second kappa shape index (κ2) is 7.99. The van der Waals surface area contributed by atoms with Crippen LogP contribution in [0.2, 0.25) is 0 Å². The van der Waals surface area contributed by atoms with Crippen molar-refractivity contribution in [2.75, 3.05) is 26.3 Å². The average Bonchev–Trinajstić information content (AvgIpc) is 3.33. The fraction of sp³-hybridized carbons (Fsp3) is 0.391. The van der Waals surface area contributed by atoms with Crippen LogP contribution < -0.4 is 0 Å². The van der Waals surface area contributed by atoms with Gasteiger partial charge >= 0.3 is 5.97 Å². The minimum atomic E-state index is -0.318. The van der Waals surface area contributed by atoms with Crippen LogP contribution in [0, 0.1) is 6.92 Å². The minimum Gasteiger partial charge on any atom is -0.459 e. The maximum Gasteiger partial charge on any atom is 0.338 e. The van der Waals surface area contributed by atoms with E-state index in [1.807, 2.05) is 52.2 Å². The van der Waals surface area contributed by atoms with Gasteiger partial charge in [0.1, 0.15) is 0 Å². The van der Waals surface area contributed by atoms with Crippen molar-refractivity contribution in [2.24, 2.45) is 7.05 Å². The van der Waals surface area contributed by atoms with Crippen LogP contribution in [0.5, 0.6) is 0 Å². The molecule has 0 atom stereocenters. The van der Waals surface area contributed by atoms with E-state index in [0.29, 0.717) is 18.8 Å². The van der Waals surface area contributed by atoms with Crippen molar-refractivity contribution in [3.05, 3.63) is 54.0 Å². The number of carbonyl (C=O) groups is 1. The smallest absolute Gasteiger partial charge is 0.338 e. The van der Waals surface area contributed by atoms with Crippen LogP contribution in [0.25, 0.3) is 22.5 Å². The van der Waals surface area contributed by atoms with Gasteiger partial charge in [0.25, 0.3) is 0 Å². The Balaban J connectivity index is 1.88. The molecular formula is C23H28N4O3. The van der Waals surface area contributed by atoms with E-state index in [9.17, 15) is 4.79 Å². The average molecular weight is 409 g/mol. The molecule has 0 unspecified atom stereocenters. The molecule has 4 heterocycles. The predicted molar refractivity (Wildman–Crippen MR) is 116 cm³/mol. The molecule has 0 bridgehead atoms. The molecular weight excluding hydrogens is 380 g/mol. The van der Waals surface area contributed by atoms with Gasteiger partial charge in [-0.25, -0.2) is 4.79 Å². The van der Waals surface area contributed by atoms with Crippen LogP contribution in [0.4, 0.5) is 0 Å². The molecule has 0 aromatic carbocycles. The van der Waals surface area contributed by atoms with Gasteiger partial charge in [-0.15, -0.1) is 0 Å². The summed E-state index contributed by atoms with van der Waals surface area (Å²) in [7, 11) is 1.90. The monoisotopic (exact) mass is 408 g/mol. The number of esters is 1. The molecule has 0 saturated carbocycles. The Morgan fingerprint density at radius 3 is 2.63 bits per heavy atom. The molecule has 0 spiro atoms. The zero-order valence-corrected chi connectivity index (χ0v) is 18.0. The molecule has 7 nitrogen and oxygen atoms in total. The Kier molecular flexibility index (Phi) is 5.39. The van der Waals surface area contributed by atoms with Gasteiger partial charge < -0.3 is 18.8 Å². The second-order valence-electron chi connectivity index (χ2n) is 7.93. The van der Waals surface area contributed by atoms with Gasteiger partial charge in [0.2, 0.25) is 0 Å². The lowest BCUT2D eigenvalue weighted by molar-refractivity contribution is 0.0377. The van der Waals surface area contributed by atoms with Gasteiger partial charge in [0.05, 0.1) is 42.0 Å². The standard InChI is InChI=1S/C23H28N4O3/c1-15(2)30-23(28)20-13-19-12-18(21-6-7-25(5)24-21)14-27(19)22(16(20)3)17(4)26-8-10-29-11-9-26/h6-7,12-15H,4,8-11H2,1-3,5H3. The highest BCUT2D eigenvalue weighted by molar-refractivity contribution is 5.94. The van der Waals surface area contributed by atoms with E-state index < -0.39 is 0 Å². The summed E-state index contributed by atoms with van der Waals surface area (Å²) in [6, 6.07) is 5.92. The van der Waals surface area contributed by atoms with Crippen molar-refractivity contribution in [1.29, 1.82) is 0 Å². The van der Waals surface area contributed by atoms with Crippen LogP contribution in [-0.2, 0) is 16.5 Å². The number of aryl methyl sites for hydroxylation is 1. The Morgan fingerprint density at radius 1 is 1.27 bits per heavy atom. The highest BCUT2D eigenvalue weighted by Crippen LogP contribution is 2.31. The summed E-state index contributed by atoms with van der Waals surface area (Å²) in [5.74, 6) is -0.318. The maximum absolute atomic E-state index is 12.8. The topological polar surface area (TPSA) is 61.0 Å². The lowest BCUT2D eigenvalue weighted by Crippen LogP contribution is -2.35. The Labute approximate surface area is 176 Å². The van der Waals surface area contributed by atoms with Crippen molar-refractivity contribution >= 4 is 17.2 Å². The first kappa shape index (κ1) is 20.2. The van der Waals surface area contributed by atoms with E-state index in [2.05, 4.69) is 27.2 Å². The van der Waals surface area contributed by atoms with E-state index in [4.69, 9.17) is 9.47 Å². The molecule has 3 aromatic heterocycles. The molecule has 4 rings (SSSR count). The highest BCUT2D eigenvalue weighted by atomic mass is 16.5. The molecule has 3 aromatic rings. The quantitative estimate of drug-likeness (QED) is 0.605. The lowest BCUT2D eigenvalue weighted by atomic mass is 10.0. The number of hydrogen-bond acceptors (Lipinski definition) is 5. The first-order chi connectivity index (χ1) is 14.3. The van der Waals surface area contributed by atoms with Gasteiger partial charge in [-0.2, -0.15) is 5.10 Å². The largest absolute Gasteiger partial charge is 0.459 e. The van der Waals surface area contributed by atoms with Crippen LogP contribution in [0.1, 0.15) is 35.5 Å². The third kappa shape index (κ3) is 3.73. The van der Waals surface area contributed by atoms with Crippen LogP contribution in [0.3, 0.4) is 0 Å². The number of hydrogen-bond donors (Lipinski definition) is 0. The summed E-state index contributed by atoms with van der Waals surface area (Å²) < 4.78 is 14.9. The summed E-state index contributed by atoms with van der Waals surface area (Å²) in [5.41, 5.74) is 5.98. The maximum atomic E-state index is 12.8. The Bertz CT molecular complexity index is 1100. The molecule has 1 fully saturated rings. The van der Waals surface area contributed by atoms with Crippen molar-refractivity contribution in [1.82, 2.24) is 19.1 Å². The van der Waals surface area contributed by atoms with Crippen molar-refractivity contribution in [2.45, 2.75) is 26.9 Å². The molecule has 7 heteroatoms. The third-order valence-electron chi connectivity index (χ3n) is 5.38. The number of pyridine rings is 1. The number of aromatic nitrogens is 3. The number of rotatable bonds is 5. The van der Waals surface area contributed by atoms with Crippen LogP contribution >= 0.6 is 0 Å². The van der Waals surface area contributed by atoms with E-state index in [1.165, 1.54) is 0 Å². The summed E-state index contributed by atoms with van der Waals surface area (Å²) in [5, 5.41) is 4.52. The van der Waals surface area contributed by atoms with E-state index >= 15 is 0 Å². The number of fused-ring (bicyclic) bond motifs is 1. The van der Waals surface area contributed by atoms with Gasteiger partial charge in [0, 0.05) is 43.6 Å². The number of carbonyl (C=O) groups excluding carboxylic acids is 1. The number of ether oxygens (including phenoxy) is 2. The molecule has 1 saturated heterocycles. The number of morpholine rings is 1. The summed E-state index contributed by atoms with van der Waals surface area (Å²) in [6.45, 7) is 12.9. The van der Waals surface area contributed by atoms with Crippen LogP contribution in [0.15, 0.2) is 37.2 Å². The van der Waals surface area contributed by atoms with Crippen LogP contribution in [-0.4, -0.2) is 57.5 Å². The Morgan fingerprint density at radius 2 is 2.00 bits per heavy atom. The Hall–Kier alpha value is -3.06. The molecule has 1 aliphatic rings. The van der Waals surface area contributed by atoms with Gasteiger partial charge in [0.15, 0.2) is 0 Å². The first-order valence-electron chi connectivity index (χ1n) is 10.2.